The molecule has 0 radical (unpaired) electrons. The lowest BCUT2D eigenvalue weighted by molar-refractivity contribution is 0.391. The first-order valence-electron chi connectivity index (χ1n) is 7.07. The molecule has 1 aromatic carbocycles. The third kappa shape index (κ3) is 3.88. The lowest BCUT2D eigenvalue weighted by Gasteiger charge is -2.01. The molecule has 0 saturated heterocycles. The van der Waals surface area contributed by atoms with Crippen molar-refractivity contribution in [3.63, 3.8) is 0 Å². The second-order valence-electron chi connectivity index (χ2n) is 4.82. The molecule has 0 amide bonds. The number of thioether (sulfide) groups is 2. The predicted octanol–water partition coefficient (Wildman–Crippen LogP) is 2.38. The number of nitrogen functional groups attached to an aromatic ring is 1. The van der Waals surface area contributed by atoms with Crippen molar-refractivity contribution in [1.29, 1.82) is 0 Å². The Morgan fingerprint density at radius 1 is 1.33 bits per heavy atom. The average molecular weight is 366 g/mol. The predicted molar refractivity (Wildman–Crippen MR) is 91.5 cm³/mol. The van der Waals surface area contributed by atoms with Crippen LogP contribution in [0, 0.1) is 5.82 Å². The summed E-state index contributed by atoms with van der Waals surface area (Å²) in [6.07, 6.45) is 2.79. The van der Waals surface area contributed by atoms with Gasteiger partial charge in [0.1, 0.15) is 5.82 Å². The summed E-state index contributed by atoms with van der Waals surface area (Å²) in [6, 6.07) is 6.04. The van der Waals surface area contributed by atoms with Crippen molar-refractivity contribution in [2.75, 3.05) is 17.9 Å². The number of benzene rings is 1. The fourth-order valence-corrected chi connectivity index (χ4v) is 3.05. The summed E-state index contributed by atoms with van der Waals surface area (Å²) >= 11 is 3.08. The lowest BCUT2D eigenvalue weighted by atomic mass is 10.2. The van der Waals surface area contributed by atoms with E-state index in [1.807, 2.05) is 6.26 Å². The molecule has 126 valence electrons. The van der Waals surface area contributed by atoms with Gasteiger partial charge in [0.25, 0.3) is 0 Å². The van der Waals surface area contributed by atoms with Gasteiger partial charge in [0.2, 0.25) is 16.9 Å². The van der Waals surface area contributed by atoms with Gasteiger partial charge in [-0.15, -0.1) is 10.2 Å². The van der Waals surface area contributed by atoms with E-state index in [9.17, 15) is 4.39 Å². The Morgan fingerprint density at radius 3 is 3.00 bits per heavy atom. The van der Waals surface area contributed by atoms with E-state index in [0.29, 0.717) is 28.2 Å². The summed E-state index contributed by atoms with van der Waals surface area (Å²) in [7, 11) is 0. The molecule has 7 nitrogen and oxygen atoms in total. The minimum Gasteiger partial charge on any atom is -0.338 e. The van der Waals surface area contributed by atoms with E-state index in [4.69, 9.17) is 10.4 Å². The van der Waals surface area contributed by atoms with Gasteiger partial charge in [0, 0.05) is 17.7 Å². The molecule has 0 aliphatic heterocycles. The number of aromatic nitrogens is 5. The summed E-state index contributed by atoms with van der Waals surface area (Å²) in [5.74, 6) is 8.45. The van der Waals surface area contributed by atoms with Crippen molar-refractivity contribution in [2.24, 2.45) is 0 Å². The summed E-state index contributed by atoms with van der Waals surface area (Å²) in [5.41, 5.74) is 0.566. The normalized spacial score (nSPS) is 11.1. The molecule has 10 heteroatoms. The largest absolute Gasteiger partial charge is 0.338 e. The summed E-state index contributed by atoms with van der Waals surface area (Å²) in [6.45, 7) is 0. The van der Waals surface area contributed by atoms with Gasteiger partial charge >= 0.3 is 0 Å². The van der Waals surface area contributed by atoms with Crippen molar-refractivity contribution < 1.29 is 8.91 Å². The Bertz CT molecular complexity index is 821. The lowest BCUT2D eigenvalue weighted by Crippen LogP contribution is -2.14. The quantitative estimate of drug-likeness (QED) is 0.503. The number of nitrogens with two attached hydrogens (primary N) is 1. The van der Waals surface area contributed by atoms with Crippen LogP contribution in [-0.2, 0) is 12.2 Å². The van der Waals surface area contributed by atoms with Gasteiger partial charge in [-0.1, -0.05) is 29.1 Å². The van der Waals surface area contributed by atoms with Gasteiger partial charge in [-0.25, -0.2) is 9.07 Å². The highest BCUT2D eigenvalue weighted by Gasteiger charge is 2.13. The van der Waals surface area contributed by atoms with Crippen LogP contribution in [0.4, 0.5) is 4.39 Å². The summed E-state index contributed by atoms with van der Waals surface area (Å²) < 4.78 is 19.9. The van der Waals surface area contributed by atoms with Crippen LogP contribution in [-0.4, -0.2) is 37.0 Å². The Labute approximate surface area is 146 Å². The molecule has 0 fully saturated rings. The molecule has 2 heterocycles. The number of halogens is 1. The van der Waals surface area contributed by atoms with Gasteiger partial charge < -0.3 is 10.4 Å². The van der Waals surface area contributed by atoms with Crippen molar-refractivity contribution >= 4 is 23.5 Å². The fraction of sp³-hybridized carbons (Fsp3) is 0.286. The van der Waals surface area contributed by atoms with Gasteiger partial charge in [0.05, 0.1) is 5.75 Å². The summed E-state index contributed by atoms with van der Waals surface area (Å²) in [5, 5.41) is 12.6. The van der Waals surface area contributed by atoms with Crippen LogP contribution < -0.4 is 5.84 Å². The third-order valence-electron chi connectivity index (χ3n) is 3.14. The molecule has 0 saturated carbocycles. The van der Waals surface area contributed by atoms with Crippen LogP contribution in [0.1, 0.15) is 11.7 Å². The second kappa shape index (κ2) is 7.67. The Balaban J connectivity index is 1.65. The molecular weight excluding hydrogens is 351 g/mol. The van der Waals surface area contributed by atoms with Crippen molar-refractivity contribution in [3.8, 4) is 11.4 Å². The van der Waals surface area contributed by atoms with Crippen LogP contribution in [0.25, 0.3) is 11.4 Å². The Kier molecular flexibility index (Phi) is 5.36. The summed E-state index contributed by atoms with van der Waals surface area (Å²) in [4.78, 5) is 4.26. The molecule has 0 aliphatic rings. The molecule has 2 N–H and O–H groups in total. The molecule has 3 rings (SSSR count). The second-order valence-corrected chi connectivity index (χ2v) is 6.75. The SMILES string of the molecule is CSCCc1nnc(SCc2nc(-c3cccc(F)c3)no2)n1N. The Hall–Kier alpha value is -2.07. The minimum absolute atomic E-state index is 0.345. The first-order chi connectivity index (χ1) is 11.7. The van der Waals surface area contributed by atoms with Crippen LogP contribution in [0.5, 0.6) is 0 Å². The van der Waals surface area contributed by atoms with E-state index >= 15 is 0 Å². The van der Waals surface area contributed by atoms with Gasteiger partial charge in [-0.3, -0.25) is 0 Å². The first kappa shape index (κ1) is 16.8. The minimum atomic E-state index is -0.345. The number of hydrogen-bond donors (Lipinski definition) is 1. The number of nitrogens with zero attached hydrogens (tertiary/aromatic N) is 5. The molecule has 0 bridgehead atoms. The molecule has 2 aromatic heterocycles. The topological polar surface area (TPSA) is 95.6 Å². The zero-order chi connectivity index (χ0) is 16.9. The van der Waals surface area contributed by atoms with Crippen LogP contribution >= 0.6 is 23.5 Å². The van der Waals surface area contributed by atoms with E-state index in [1.54, 1.807) is 23.9 Å². The highest BCUT2D eigenvalue weighted by Crippen LogP contribution is 2.22. The third-order valence-corrected chi connectivity index (χ3v) is 4.68. The van der Waals surface area contributed by atoms with E-state index in [2.05, 4.69) is 20.3 Å². The molecule has 24 heavy (non-hydrogen) atoms. The molecule has 0 aliphatic carbocycles. The number of hydrogen-bond acceptors (Lipinski definition) is 8. The molecule has 3 aromatic rings. The van der Waals surface area contributed by atoms with Gasteiger partial charge in [0.15, 0.2) is 5.82 Å². The zero-order valence-corrected chi connectivity index (χ0v) is 14.5. The monoisotopic (exact) mass is 366 g/mol. The molecule has 0 unspecified atom stereocenters. The maximum Gasteiger partial charge on any atom is 0.237 e. The van der Waals surface area contributed by atoms with Crippen molar-refractivity contribution in [1.82, 2.24) is 25.0 Å². The number of aryl methyl sites for hydroxylation is 1. The van der Waals surface area contributed by atoms with Gasteiger partial charge in [-0.05, 0) is 18.4 Å². The van der Waals surface area contributed by atoms with Crippen LogP contribution in [0.15, 0.2) is 33.9 Å². The molecule has 0 atom stereocenters. The van der Waals surface area contributed by atoms with E-state index in [1.165, 1.54) is 28.6 Å². The highest BCUT2D eigenvalue weighted by atomic mass is 32.2. The highest BCUT2D eigenvalue weighted by molar-refractivity contribution is 7.98. The number of rotatable bonds is 7. The van der Waals surface area contributed by atoms with E-state index < -0.39 is 0 Å². The fourth-order valence-electron chi connectivity index (χ4n) is 1.95. The van der Waals surface area contributed by atoms with Crippen molar-refractivity contribution in [3.05, 3.63) is 41.8 Å². The van der Waals surface area contributed by atoms with Gasteiger partial charge in [-0.2, -0.15) is 16.7 Å². The first-order valence-corrected chi connectivity index (χ1v) is 9.45. The zero-order valence-electron chi connectivity index (χ0n) is 12.8. The van der Waals surface area contributed by atoms with Crippen LogP contribution in [0.3, 0.4) is 0 Å². The maximum atomic E-state index is 13.2. The molecular formula is C14H15FN6OS2. The Morgan fingerprint density at radius 2 is 2.21 bits per heavy atom. The smallest absolute Gasteiger partial charge is 0.237 e. The standard InChI is InChI=1S/C14H15FN6OS2/c1-23-6-5-11-18-19-14(21(11)16)24-8-12-17-13(20-22-12)9-3-2-4-10(15)7-9/h2-4,7H,5-6,8,16H2,1H3. The van der Waals surface area contributed by atoms with Crippen molar-refractivity contribution in [2.45, 2.75) is 17.3 Å². The van der Waals surface area contributed by atoms with E-state index in [-0.39, 0.29) is 5.82 Å². The van der Waals surface area contributed by atoms with E-state index in [0.717, 1.165) is 18.0 Å². The maximum absolute atomic E-state index is 13.2. The van der Waals surface area contributed by atoms with Crippen LogP contribution in [0.2, 0.25) is 0 Å². The average Bonchev–Trinajstić information content (AvgIpc) is 3.18. The molecule has 0 spiro atoms.